The molecule has 0 aliphatic heterocycles. The number of allylic oxidation sites excluding steroid dienone is 1. The molecule has 108 valence electrons. The lowest BCUT2D eigenvalue weighted by Gasteiger charge is -2.23. The van der Waals surface area contributed by atoms with Crippen LogP contribution in [0.3, 0.4) is 0 Å². The summed E-state index contributed by atoms with van der Waals surface area (Å²) in [6.45, 7) is 4.52. The summed E-state index contributed by atoms with van der Waals surface area (Å²) in [6.07, 6.45) is 5.23. The summed E-state index contributed by atoms with van der Waals surface area (Å²) >= 11 is 0. The van der Waals surface area contributed by atoms with Gasteiger partial charge in [-0.15, -0.1) is 0 Å². The highest BCUT2D eigenvalue weighted by molar-refractivity contribution is 5.86. The first-order chi connectivity index (χ1) is 9.76. The Kier molecular flexibility index (Phi) is 5.22. The molecule has 0 unspecified atom stereocenters. The van der Waals surface area contributed by atoms with Crippen LogP contribution in [0.1, 0.15) is 43.7 Å². The van der Waals surface area contributed by atoms with Crippen molar-refractivity contribution < 1.29 is 14.3 Å². The largest absolute Gasteiger partial charge is 0.487 e. The van der Waals surface area contributed by atoms with Crippen LogP contribution in [0.15, 0.2) is 36.1 Å². The van der Waals surface area contributed by atoms with Crippen LogP contribution in [0, 0.1) is 0 Å². The van der Waals surface area contributed by atoms with Crippen LogP contribution in [0.5, 0.6) is 0 Å². The van der Waals surface area contributed by atoms with E-state index in [9.17, 15) is 4.79 Å². The van der Waals surface area contributed by atoms with E-state index >= 15 is 0 Å². The van der Waals surface area contributed by atoms with E-state index in [-0.39, 0.29) is 11.9 Å². The van der Waals surface area contributed by atoms with Crippen LogP contribution in [0.2, 0.25) is 0 Å². The Labute approximate surface area is 120 Å². The molecule has 1 aromatic rings. The maximum Gasteiger partial charge on any atom is 0.373 e. The molecule has 0 aromatic heterocycles. The summed E-state index contributed by atoms with van der Waals surface area (Å²) in [4.78, 5) is 11.9. The minimum atomic E-state index is -0.364. The summed E-state index contributed by atoms with van der Waals surface area (Å²) < 4.78 is 10.5. The second-order valence-electron chi connectivity index (χ2n) is 4.88. The third-order valence-electron chi connectivity index (χ3n) is 3.54. The SMILES string of the molecule is CCOC(=O)/C(=C/[C@H]1CCCc2ccccc21)OCC. The number of hydrogen-bond acceptors (Lipinski definition) is 3. The van der Waals surface area contributed by atoms with Crippen LogP contribution in [0.4, 0.5) is 0 Å². The highest BCUT2D eigenvalue weighted by Crippen LogP contribution is 2.33. The van der Waals surface area contributed by atoms with Gasteiger partial charge in [-0.2, -0.15) is 0 Å². The fraction of sp³-hybridized carbons (Fsp3) is 0.471. The summed E-state index contributed by atoms with van der Waals surface area (Å²) in [7, 11) is 0. The number of fused-ring (bicyclic) bond motifs is 1. The number of ether oxygens (including phenoxy) is 2. The van der Waals surface area contributed by atoms with Crippen molar-refractivity contribution in [2.45, 2.75) is 39.0 Å². The maximum absolute atomic E-state index is 11.9. The Morgan fingerprint density at radius 2 is 2.00 bits per heavy atom. The van der Waals surface area contributed by atoms with Gasteiger partial charge in [-0.3, -0.25) is 0 Å². The molecule has 0 saturated carbocycles. The molecule has 1 aliphatic rings. The van der Waals surface area contributed by atoms with E-state index in [1.54, 1.807) is 6.92 Å². The lowest BCUT2D eigenvalue weighted by molar-refractivity contribution is -0.142. The highest BCUT2D eigenvalue weighted by atomic mass is 16.6. The summed E-state index contributed by atoms with van der Waals surface area (Å²) in [5.74, 6) is 0.222. The second kappa shape index (κ2) is 7.13. The van der Waals surface area contributed by atoms with Gasteiger partial charge in [-0.25, -0.2) is 4.79 Å². The number of esters is 1. The average Bonchev–Trinajstić information content (AvgIpc) is 2.47. The molecular formula is C17H22O3. The van der Waals surface area contributed by atoms with Crippen molar-refractivity contribution in [2.24, 2.45) is 0 Å². The van der Waals surface area contributed by atoms with Gasteiger partial charge in [0.1, 0.15) is 0 Å². The molecule has 0 heterocycles. The third kappa shape index (κ3) is 3.41. The predicted molar refractivity (Wildman–Crippen MR) is 78.5 cm³/mol. The van der Waals surface area contributed by atoms with E-state index < -0.39 is 0 Å². The Morgan fingerprint density at radius 3 is 2.75 bits per heavy atom. The zero-order valence-corrected chi connectivity index (χ0v) is 12.2. The smallest absolute Gasteiger partial charge is 0.373 e. The molecule has 3 heteroatoms. The lowest BCUT2D eigenvalue weighted by Crippen LogP contribution is -2.14. The van der Waals surface area contributed by atoms with Crippen molar-refractivity contribution in [3.63, 3.8) is 0 Å². The number of benzene rings is 1. The van der Waals surface area contributed by atoms with Crippen LogP contribution >= 0.6 is 0 Å². The van der Waals surface area contributed by atoms with Crippen molar-refractivity contribution in [2.75, 3.05) is 13.2 Å². The van der Waals surface area contributed by atoms with Crippen LogP contribution < -0.4 is 0 Å². The molecule has 0 N–H and O–H groups in total. The van der Waals surface area contributed by atoms with Gasteiger partial charge in [0.15, 0.2) is 0 Å². The summed E-state index contributed by atoms with van der Waals surface area (Å²) in [6, 6.07) is 8.43. The van der Waals surface area contributed by atoms with E-state index in [2.05, 4.69) is 24.3 Å². The first-order valence-corrected chi connectivity index (χ1v) is 7.35. The van der Waals surface area contributed by atoms with Crippen molar-refractivity contribution in [1.82, 2.24) is 0 Å². The molecule has 2 rings (SSSR count). The van der Waals surface area contributed by atoms with Crippen LogP contribution in [-0.2, 0) is 20.7 Å². The van der Waals surface area contributed by atoms with Gasteiger partial charge in [0, 0.05) is 5.92 Å². The zero-order valence-electron chi connectivity index (χ0n) is 12.2. The van der Waals surface area contributed by atoms with Gasteiger partial charge in [0.25, 0.3) is 0 Å². The molecule has 0 spiro atoms. The molecule has 0 saturated heterocycles. The molecule has 0 bridgehead atoms. The van der Waals surface area contributed by atoms with E-state index in [1.165, 1.54) is 11.1 Å². The van der Waals surface area contributed by atoms with Crippen molar-refractivity contribution in [3.8, 4) is 0 Å². The molecule has 0 fully saturated rings. The zero-order chi connectivity index (χ0) is 14.4. The fourth-order valence-electron chi connectivity index (χ4n) is 2.68. The standard InChI is InChI=1S/C17H22O3/c1-3-19-16(17(18)20-4-2)12-14-10-7-9-13-8-5-6-11-15(13)14/h5-6,8,11-12,14H,3-4,7,9-10H2,1-2H3/b16-12-/t14-/m1/s1. The fourth-order valence-corrected chi connectivity index (χ4v) is 2.68. The predicted octanol–water partition coefficient (Wildman–Crippen LogP) is 3.59. The number of hydrogen-bond donors (Lipinski definition) is 0. The minimum absolute atomic E-state index is 0.242. The summed E-state index contributed by atoms with van der Waals surface area (Å²) in [5.41, 5.74) is 2.68. The van der Waals surface area contributed by atoms with Crippen molar-refractivity contribution >= 4 is 5.97 Å². The summed E-state index contributed by atoms with van der Waals surface area (Å²) in [5, 5.41) is 0. The van der Waals surface area contributed by atoms with Crippen molar-refractivity contribution in [1.29, 1.82) is 0 Å². The molecule has 20 heavy (non-hydrogen) atoms. The highest BCUT2D eigenvalue weighted by Gasteiger charge is 2.21. The molecule has 1 aliphatic carbocycles. The Balaban J connectivity index is 2.25. The number of rotatable bonds is 5. The first kappa shape index (κ1) is 14.6. The molecule has 1 atom stereocenters. The van der Waals surface area contributed by atoms with Crippen molar-refractivity contribution in [3.05, 3.63) is 47.2 Å². The monoisotopic (exact) mass is 274 g/mol. The maximum atomic E-state index is 11.9. The van der Waals surface area contributed by atoms with E-state index in [0.717, 1.165) is 19.3 Å². The molecule has 1 aromatic carbocycles. The van der Waals surface area contributed by atoms with Crippen LogP contribution in [0.25, 0.3) is 0 Å². The first-order valence-electron chi connectivity index (χ1n) is 7.35. The van der Waals surface area contributed by atoms with Gasteiger partial charge >= 0.3 is 5.97 Å². The van der Waals surface area contributed by atoms with Gasteiger partial charge < -0.3 is 9.47 Å². The average molecular weight is 274 g/mol. The number of carbonyl (C=O) groups excluding carboxylic acids is 1. The van der Waals surface area contributed by atoms with E-state index in [1.807, 2.05) is 13.0 Å². The molecule has 3 nitrogen and oxygen atoms in total. The Morgan fingerprint density at radius 1 is 1.25 bits per heavy atom. The third-order valence-corrected chi connectivity index (χ3v) is 3.54. The topological polar surface area (TPSA) is 35.5 Å². The van der Waals surface area contributed by atoms with Crippen LogP contribution in [-0.4, -0.2) is 19.2 Å². The quantitative estimate of drug-likeness (QED) is 0.467. The van der Waals surface area contributed by atoms with Gasteiger partial charge in [-0.1, -0.05) is 24.3 Å². The molecule has 0 radical (unpaired) electrons. The number of carbonyl (C=O) groups is 1. The van der Waals surface area contributed by atoms with Gasteiger partial charge in [-0.05, 0) is 50.3 Å². The van der Waals surface area contributed by atoms with Gasteiger partial charge in [0.2, 0.25) is 5.76 Å². The minimum Gasteiger partial charge on any atom is -0.487 e. The molecular weight excluding hydrogens is 252 g/mol. The van der Waals surface area contributed by atoms with E-state index in [0.29, 0.717) is 19.0 Å². The Hall–Kier alpha value is -1.77. The number of aryl methyl sites for hydroxylation is 1. The lowest BCUT2D eigenvalue weighted by atomic mass is 9.82. The van der Waals surface area contributed by atoms with Gasteiger partial charge in [0.05, 0.1) is 13.2 Å². The van der Waals surface area contributed by atoms with E-state index in [4.69, 9.17) is 9.47 Å². The molecule has 0 amide bonds. The Bertz CT molecular complexity index is 491. The normalized spacial score (nSPS) is 18.3. The second-order valence-corrected chi connectivity index (χ2v) is 4.88.